The van der Waals surface area contributed by atoms with Crippen LogP contribution in [-0.2, 0) is 31.3 Å². The van der Waals surface area contributed by atoms with Gasteiger partial charge < -0.3 is 14.7 Å². The van der Waals surface area contributed by atoms with Crippen molar-refractivity contribution in [2.24, 2.45) is 0 Å². The zero-order valence-electron chi connectivity index (χ0n) is 20.6. The van der Waals surface area contributed by atoms with Crippen molar-refractivity contribution in [1.82, 2.24) is 9.21 Å². The summed E-state index contributed by atoms with van der Waals surface area (Å²) in [6.45, 7) is 0.150. The van der Waals surface area contributed by atoms with Crippen molar-refractivity contribution in [3.8, 4) is 0 Å². The third kappa shape index (κ3) is 6.50. The molecular formula is C25H26Cl3F3N2O5S. The number of benzene rings is 2. The molecular weight excluding hydrogens is 604 g/mol. The Bertz CT molecular complexity index is 1310. The Morgan fingerprint density at radius 2 is 1.69 bits per heavy atom. The Kier molecular flexibility index (Phi) is 9.12. The van der Waals surface area contributed by atoms with Crippen LogP contribution in [0.1, 0.15) is 36.8 Å². The van der Waals surface area contributed by atoms with E-state index in [1.807, 2.05) is 0 Å². The van der Waals surface area contributed by atoms with Gasteiger partial charge in [0.15, 0.2) is 0 Å². The third-order valence-electron chi connectivity index (χ3n) is 7.10. The summed E-state index contributed by atoms with van der Waals surface area (Å²) in [6.07, 6.45) is -3.46. The van der Waals surface area contributed by atoms with E-state index in [1.54, 1.807) is 6.07 Å². The highest BCUT2D eigenvalue weighted by Crippen LogP contribution is 2.40. The fraction of sp³-hybridized carbons (Fsp3) is 0.480. The highest BCUT2D eigenvalue weighted by molar-refractivity contribution is 7.89. The monoisotopic (exact) mass is 628 g/mol. The molecule has 1 amide bonds. The molecule has 1 atom stereocenters. The first-order chi connectivity index (χ1) is 18.2. The Balaban J connectivity index is 1.32. The predicted octanol–water partition coefficient (Wildman–Crippen LogP) is 5.35. The number of piperidine rings is 1. The summed E-state index contributed by atoms with van der Waals surface area (Å²) in [6, 6.07) is 7.25. The molecule has 0 bridgehead atoms. The molecule has 4 rings (SSSR count). The van der Waals surface area contributed by atoms with E-state index in [4.69, 9.17) is 39.5 Å². The number of alkyl halides is 3. The molecule has 1 N–H and O–H groups in total. The van der Waals surface area contributed by atoms with E-state index in [0.717, 1.165) is 12.1 Å². The summed E-state index contributed by atoms with van der Waals surface area (Å²) in [5.41, 5.74) is -2.48. The van der Waals surface area contributed by atoms with Crippen LogP contribution in [0.5, 0.6) is 0 Å². The van der Waals surface area contributed by atoms with Gasteiger partial charge in [0, 0.05) is 25.7 Å². The zero-order valence-corrected chi connectivity index (χ0v) is 23.6. The molecule has 214 valence electrons. The smallest absolute Gasteiger partial charge is 0.385 e. The Hall–Kier alpha value is -1.60. The molecule has 0 aromatic heterocycles. The summed E-state index contributed by atoms with van der Waals surface area (Å²) in [7, 11) is -3.99. The van der Waals surface area contributed by atoms with Crippen LogP contribution in [0.4, 0.5) is 13.2 Å². The van der Waals surface area contributed by atoms with Gasteiger partial charge in [0.05, 0.1) is 32.8 Å². The van der Waals surface area contributed by atoms with Crippen molar-refractivity contribution in [1.29, 1.82) is 0 Å². The molecule has 0 spiro atoms. The summed E-state index contributed by atoms with van der Waals surface area (Å²) in [4.78, 5) is 14.0. The van der Waals surface area contributed by atoms with Gasteiger partial charge in [0.2, 0.25) is 15.9 Å². The fourth-order valence-electron chi connectivity index (χ4n) is 4.96. The van der Waals surface area contributed by atoms with Gasteiger partial charge in [-0.3, -0.25) is 4.79 Å². The lowest BCUT2D eigenvalue weighted by molar-refractivity contribution is -0.141. The lowest BCUT2D eigenvalue weighted by atomic mass is 9.83. The normalized spacial score (nSPS) is 20.4. The molecule has 2 saturated heterocycles. The van der Waals surface area contributed by atoms with Crippen LogP contribution in [-0.4, -0.2) is 67.5 Å². The molecule has 2 heterocycles. The minimum atomic E-state index is -4.66. The molecule has 14 heteroatoms. The summed E-state index contributed by atoms with van der Waals surface area (Å²) in [5, 5.41) is 10.6. The van der Waals surface area contributed by atoms with Crippen LogP contribution in [0.15, 0.2) is 41.3 Å². The minimum absolute atomic E-state index is 0.0162. The predicted molar refractivity (Wildman–Crippen MR) is 140 cm³/mol. The maximum atomic E-state index is 13.2. The number of hydrogen-bond acceptors (Lipinski definition) is 5. The molecule has 2 fully saturated rings. The van der Waals surface area contributed by atoms with Crippen LogP contribution in [0, 0.1) is 0 Å². The average Bonchev–Trinajstić information content (AvgIpc) is 3.33. The van der Waals surface area contributed by atoms with Crippen molar-refractivity contribution in [3.63, 3.8) is 0 Å². The second kappa shape index (κ2) is 11.7. The maximum absolute atomic E-state index is 13.2. The summed E-state index contributed by atoms with van der Waals surface area (Å²) < 4.78 is 73.1. The van der Waals surface area contributed by atoms with Crippen molar-refractivity contribution < 1.29 is 36.2 Å². The lowest BCUT2D eigenvalue weighted by Gasteiger charge is -2.38. The molecule has 0 radical (unpaired) electrons. The molecule has 0 aliphatic carbocycles. The van der Waals surface area contributed by atoms with Gasteiger partial charge in [-0.25, -0.2) is 8.42 Å². The standard InChI is InChI=1S/C25H26Cl3F3N2O5S/c26-19-7-6-16(13-18(19)25(29,30)31)24(35)8-11-32(12-9-24)22(34)15-38-14-17-3-2-10-33(17)39(36,37)23-20(27)4-1-5-21(23)28/h1,4-7,13,17,35H,2-3,8-12,14-15H2. The molecule has 2 aromatic carbocycles. The van der Waals surface area contributed by atoms with E-state index in [-0.39, 0.29) is 72.1 Å². The zero-order chi connectivity index (χ0) is 28.6. The molecule has 2 aliphatic rings. The van der Waals surface area contributed by atoms with Gasteiger partial charge >= 0.3 is 6.18 Å². The van der Waals surface area contributed by atoms with E-state index in [9.17, 15) is 31.5 Å². The number of hydrogen-bond donors (Lipinski definition) is 1. The van der Waals surface area contributed by atoms with Crippen LogP contribution >= 0.6 is 34.8 Å². The van der Waals surface area contributed by atoms with E-state index in [2.05, 4.69) is 0 Å². The number of carbonyl (C=O) groups is 1. The first-order valence-corrected chi connectivity index (χ1v) is 14.7. The second-order valence-electron chi connectivity index (χ2n) is 9.58. The highest BCUT2D eigenvalue weighted by Gasteiger charge is 2.40. The van der Waals surface area contributed by atoms with Gasteiger partial charge in [-0.05, 0) is 55.5 Å². The Morgan fingerprint density at radius 1 is 1.05 bits per heavy atom. The minimum Gasteiger partial charge on any atom is -0.385 e. The molecule has 1 unspecified atom stereocenters. The SMILES string of the molecule is O=C(COCC1CCCN1S(=O)(=O)c1c(Cl)cccc1Cl)N1CCC(O)(c2ccc(Cl)c(C(F)(F)F)c2)CC1. The number of aliphatic hydroxyl groups is 1. The van der Waals surface area contributed by atoms with Crippen LogP contribution in [0.3, 0.4) is 0 Å². The first-order valence-electron chi connectivity index (χ1n) is 12.1. The van der Waals surface area contributed by atoms with Crippen molar-refractivity contribution in [2.75, 3.05) is 32.8 Å². The first kappa shape index (κ1) is 30.4. The van der Waals surface area contributed by atoms with E-state index in [0.29, 0.717) is 12.8 Å². The number of nitrogens with zero attached hydrogens (tertiary/aromatic N) is 2. The van der Waals surface area contributed by atoms with Crippen LogP contribution < -0.4 is 0 Å². The van der Waals surface area contributed by atoms with Gasteiger partial charge in [-0.1, -0.05) is 46.9 Å². The van der Waals surface area contributed by atoms with E-state index in [1.165, 1.54) is 27.4 Å². The largest absolute Gasteiger partial charge is 0.417 e. The molecule has 39 heavy (non-hydrogen) atoms. The second-order valence-corrected chi connectivity index (χ2v) is 12.6. The molecule has 2 aliphatic heterocycles. The van der Waals surface area contributed by atoms with E-state index < -0.39 is 38.4 Å². The van der Waals surface area contributed by atoms with Gasteiger partial charge in [0.25, 0.3) is 0 Å². The summed E-state index contributed by atoms with van der Waals surface area (Å²) >= 11 is 17.9. The van der Waals surface area contributed by atoms with Crippen LogP contribution in [0.25, 0.3) is 0 Å². The Labute approximate surface area is 239 Å². The van der Waals surface area contributed by atoms with Crippen molar-refractivity contribution in [2.45, 2.75) is 48.4 Å². The maximum Gasteiger partial charge on any atom is 0.417 e. The number of likely N-dealkylation sites (tertiary alicyclic amines) is 1. The highest BCUT2D eigenvalue weighted by atomic mass is 35.5. The molecule has 2 aromatic rings. The third-order valence-corrected chi connectivity index (χ3v) is 10.3. The topological polar surface area (TPSA) is 87.2 Å². The van der Waals surface area contributed by atoms with E-state index >= 15 is 0 Å². The molecule has 7 nitrogen and oxygen atoms in total. The quantitative estimate of drug-likeness (QED) is 0.447. The van der Waals surface area contributed by atoms with Crippen molar-refractivity contribution in [3.05, 3.63) is 62.6 Å². The Morgan fingerprint density at radius 3 is 2.31 bits per heavy atom. The number of carbonyl (C=O) groups excluding carboxylic acids is 1. The number of ether oxygens (including phenoxy) is 1. The average molecular weight is 630 g/mol. The molecule has 0 saturated carbocycles. The van der Waals surface area contributed by atoms with Crippen molar-refractivity contribution >= 4 is 50.7 Å². The number of sulfonamides is 1. The van der Waals surface area contributed by atoms with Gasteiger partial charge in [-0.15, -0.1) is 0 Å². The lowest BCUT2D eigenvalue weighted by Crippen LogP contribution is -2.46. The number of halogens is 6. The van der Waals surface area contributed by atoms with Crippen LogP contribution in [0.2, 0.25) is 15.1 Å². The van der Waals surface area contributed by atoms with Gasteiger partial charge in [0.1, 0.15) is 11.5 Å². The summed E-state index contributed by atoms with van der Waals surface area (Å²) in [5.74, 6) is -0.370. The fourth-order valence-corrected chi connectivity index (χ4v) is 7.96. The number of rotatable bonds is 7. The number of amides is 1. The van der Waals surface area contributed by atoms with Gasteiger partial charge in [-0.2, -0.15) is 17.5 Å².